The number of anilines is 2. The van der Waals surface area contributed by atoms with Crippen LogP contribution in [0.4, 0.5) is 16.4 Å². The summed E-state index contributed by atoms with van der Waals surface area (Å²) in [5.41, 5.74) is 1.49. The van der Waals surface area contributed by atoms with Gasteiger partial charge in [0.25, 0.3) is 0 Å². The Balaban J connectivity index is 1.33. The summed E-state index contributed by atoms with van der Waals surface area (Å²) in [6.07, 6.45) is 0.108. The van der Waals surface area contributed by atoms with Crippen molar-refractivity contribution in [2.45, 2.75) is 50.5 Å². The van der Waals surface area contributed by atoms with E-state index in [2.05, 4.69) is 41.4 Å². The van der Waals surface area contributed by atoms with Gasteiger partial charge in [-0.1, -0.05) is 20.8 Å². The number of rotatable bonds is 5. The van der Waals surface area contributed by atoms with Crippen molar-refractivity contribution >= 4 is 17.7 Å². The van der Waals surface area contributed by atoms with E-state index >= 15 is 0 Å². The van der Waals surface area contributed by atoms with E-state index in [-0.39, 0.29) is 30.3 Å². The second-order valence-corrected chi connectivity index (χ2v) is 8.66. The predicted molar refractivity (Wildman–Crippen MR) is 115 cm³/mol. The van der Waals surface area contributed by atoms with Gasteiger partial charge < -0.3 is 24.3 Å². The van der Waals surface area contributed by atoms with E-state index in [1.165, 1.54) is 0 Å². The molecule has 2 aliphatic heterocycles. The van der Waals surface area contributed by atoms with Gasteiger partial charge in [-0.3, -0.25) is 5.32 Å². The fraction of sp³-hybridized carbons (Fsp3) is 0.500. The molecule has 9 nitrogen and oxygen atoms in total. The number of carbonyl (C=O) groups excluding carboxylic acids is 1. The maximum Gasteiger partial charge on any atom is 0.412 e. The highest BCUT2D eigenvalue weighted by Crippen LogP contribution is 2.31. The van der Waals surface area contributed by atoms with Crippen molar-refractivity contribution in [3.8, 4) is 5.75 Å². The van der Waals surface area contributed by atoms with E-state index in [1.807, 2.05) is 6.07 Å². The van der Waals surface area contributed by atoms with Crippen LogP contribution in [-0.4, -0.2) is 60.7 Å². The lowest BCUT2D eigenvalue weighted by atomic mass is 9.92. The second kappa shape index (κ2) is 8.68. The number of nitrogens with zero attached hydrogens (tertiary/aromatic N) is 2. The van der Waals surface area contributed by atoms with Crippen LogP contribution in [0.5, 0.6) is 5.75 Å². The van der Waals surface area contributed by atoms with Crippen molar-refractivity contribution < 1.29 is 23.7 Å². The van der Waals surface area contributed by atoms with E-state index < -0.39 is 12.2 Å². The first-order chi connectivity index (χ1) is 14.8. The van der Waals surface area contributed by atoms with Crippen molar-refractivity contribution in [3.63, 3.8) is 0 Å². The molecule has 166 valence electrons. The molecule has 0 radical (unpaired) electrons. The summed E-state index contributed by atoms with van der Waals surface area (Å²) < 4.78 is 22.4. The quantitative estimate of drug-likeness (QED) is 0.749. The van der Waals surface area contributed by atoms with Gasteiger partial charge >= 0.3 is 6.09 Å². The molecule has 2 saturated heterocycles. The van der Waals surface area contributed by atoms with Gasteiger partial charge in [0.1, 0.15) is 18.0 Å². The molecule has 9 heteroatoms. The number of fused-ring (bicyclic) bond motifs is 1. The molecular weight excluding hydrogens is 400 g/mol. The van der Waals surface area contributed by atoms with Crippen molar-refractivity contribution in [1.82, 2.24) is 9.97 Å². The standard InChI is InChI=1S/C22H28N4O5/c1-22(2,3)17-9-10-23-20(26-17)25-15-11-29-19-16(12-30-18(15)19)31-21(27)24-13-5-7-14(28-4)8-6-13/h5-10,15-16,18-19H,11-12H2,1-4H3,(H,24,27)(H,23,25,26)/t15-,16-,18-,19+/m1/s1. The third-order valence-electron chi connectivity index (χ3n) is 5.34. The molecule has 1 aromatic carbocycles. The van der Waals surface area contributed by atoms with Gasteiger partial charge in [-0.2, -0.15) is 0 Å². The lowest BCUT2D eigenvalue weighted by molar-refractivity contribution is 0.00916. The molecule has 2 fully saturated rings. The molecule has 4 atom stereocenters. The van der Waals surface area contributed by atoms with Crippen molar-refractivity contribution in [2.24, 2.45) is 0 Å². The fourth-order valence-electron chi connectivity index (χ4n) is 3.66. The second-order valence-electron chi connectivity index (χ2n) is 8.66. The van der Waals surface area contributed by atoms with Gasteiger partial charge in [-0.25, -0.2) is 14.8 Å². The number of hydrogen-bond donors (Lipinski definition) is 2. The summed E-state index contributed by atoms with van der Waals surface area (Å²) in [4.78, 5) is 21.2. The van der Waals surface area contributed by atoms with Crippen LogP contribution >= 0.6 is 0 Å². The predicted octanol–water partition coefficient (Wildman–Crippen LogP) is 2.98. The molecule has 2 aliphatic rings. The molecular formula is C22H28N4O5. The maximum absolute atomic E-state index is 12.3. The molecule has 1 aromatic heterocycles. The first-order valence-electron chi connectivity index (χ1n) is 10.3. The number of carbonyl (C=O) groups is 1. The van der Waals surface area contributed by atoms with Crippen molar-refractivity contribution in [3.05, 3.63) is 42.2 Å². The van der Waals surface area contributed by atoms with Gasteiger partial charge in [0.15, 0.2) is 6.10 Å². The Labute approximate surface area is 181 Å². The first kappa shape index (κ1) is 21.3. The van der Waals surface area contributed by atoms with Gasteiger partial charge in [-0.05, 0) is 30.3 Å². The smallest absolute Gasteiger partial charge is 0.412 e. The lowest BCUT2D eigenvalue weighted by Crippen LogP contribution is -2.38. The molecule has 1 amide bonds. The molecule has 3 heterocycles. The Bertz CT molecular complexity index is 915. The van der Waals surface area contributed by atoms with Gasteiger partial charge in [0, 0.05) is 17.3 Å². The van der Waals surface area contributed by atoms with E-state index in [4.69, 9.17) is 18.9 Å². The Morgan fingerprint density at radius 2 is 1.84 bits per heavy atom. The van der Waals surface area contributed by atoms with Crippen LogP contribution < -0.4 is 15.4 Å². The largest absolute Gasteiger partial charge is 0.497 e. The topological polar surface area (TPSA) is 104 Å². The molecule has 0 spiro atoms. The zero-order chi connectivity index (χ0) is 22.0. The molecule has 0 saturated carbocycles. The average Bonchev–Trinajstić information content (AvgIpc) is 3.32. The molecule has 0 aliphatic carbocycles. The number of ether oxygens (including phenoxy) is 4. The Morgan fingerprint density at radius 3 is 2.55 bits per heavy atom. The van der Waals surface area contributed by atoms with Gasteiger partial charge in [0.2, 0.25) is 5.95 Å². The van der Waals surface area contributed by atoms with E-state index in [0.717, 1.165) is 5.69 Å². The highest BCUT2D eigenvalue weighted by atomic mass is 16.6. The summed E-state index contributed by atoms with van der Waals surface area (Å²) in [5, 5.41) is 6.02. The number of methoxy groups -OCH3 is 1. The lowest BCUT2D eigenvalue weighted by Gasteiger charge is -2.20. The fourth-order valence-corrected chi connectivity index (χ4v) is 3.66. The number of aromatic nitrogens is 2. The molecule has 2 aromatic rings. The van der Waals surface area contributed by atoms with Gasteiger partial charge in [0.05, 0.1) is 32.1 Å². The molecule has 31 heavy (non-hydrogen) atoms. The molecule has 4 rings (SSSR count). The maximum atomic E-state index is 12.3. The Morgan fingerprint density at radius 1 is 1.10 bits per heavy atom. The zero-order valence-electron chi connectivity index (χ0n) is 18.1. The highest BCUT2D eigenvalue weighted by Gasteiger charge is 2.49. The van der Waals surface area contributed by atoms with Crippen LogP contribution in [0.25, 0.3) is 0 Å². The average molecular weight is 428 g/mol. The van der Waals surface area contributed by atoms with E-state index in [1.54, 1.807) is 37.6 Å². The minimum Gasteiger partial charge on any atom is -0.497 e. The normalized spacial score (nSPS) is 25.0. The third kappa shape index (κ3) is 4.88. The Kier molecular flexibility index (Phi) is 5.97. The van der Waals surface area contributed by atoms with E-state index in [9.17, 15) is 4.79 Å². The van der Waals surface area contributed by atoms with Crippen LogP contribution in [0.15, 0.2) is 36.5 Å². The summed E-state index contributed by atoms with van der Waals surface area (Å²) >= 11 is 0. The van der Waals surface area contributed by atoms with Gasteiger partial charge in [-0.15, -0.1) is 0 Å². The molecule has 2 N–H and O–H groups in total. The minimum absolute atomic E-state index is 0.0753. The SMILES string of the molecule is COc1ccc(NC(=O)O[C@@H]2CO[C@H]3[C@H]2OC[C@H]3Nc2nccc(C(C)(C)C)n2)cc1. The number of benzene rings is 1. The minimum atomic E-state index is -0.555. The van der Waals surface area contributed by atoms with Crippen molar-refractivity contribution in [1.29, 1.82) is 0 Å². The van der Waals surface area contributed by atoms with E-state index in [0.29, 0.717) is 24.0 Å². The number of hydrogen-bond acceptors (Lipinski definition) is 8. The van der Waals surface area contributed by atoms with Crippen LogP contribution in [0.3, 0.4) is 0 Å². The van der Waals surface area contributed by atoms with Crippen molar-refractivity contribution in [2.75, 3.05) is 31.0 Å². The summed E-state index contributed by atoms with van der Waals surface area (Å²) in [7, 11) is 1.59. The van der Waals surface area contributed by atoms with Crippen LogP contribution in [0, 0.1) is 0 Å². The number of nitrogens with one attached hydrogen (secondary N) is 2. The van der Waals surface area contributed by atoms with Crippen LogP contribution in [0.1, 0.15) is 26.5 Å². The van der Waals surface area contributed by atoms with Crippen LogP contribution in [-0.2, 0) is 19.6 Å². The molecule has 0 bridgehead atoms. The number of amides is 1. The summed E-state index contributed by atoms with van der Waals surface area (Å²) in [5.74, 6) is 1.24. The van der Waals surface area contributed by atoms with Crippen LogP contribution in [0.2, 0.25) is 0 Å². The Hall–Kier alpha value is -2.91. The monoisotopic (exact) mass is 428 g/mol. The highest BCUT2D eigenvalue weighted by molar-refractivity contribution is 5.84. The molecule has 0 unspecified atom stereocenters. The summed E-state index contributed by atoms with van der Waals surface area (Å²) in [6.45, 7) is 7.00. The third-order valence-corrected chi connectivity index (χ3v) is 5.34. The summed E-state index contributed by atoms with van der Waals surface area (Å²) in [6, 6.07) is 8.79. The zero-order valence-corrected chi connectivity index (χ0v) is 18.1. The first-order valence-corrected chi connectivity index (χ1v) is 10.3.